The molecular weight excluding hydrogens is 330 g/mol. The number of hydrogen-bond donors (Lipinski definition) is 1. The highest BCUT2D eigenvalue weighted by Crippen LogP contribution is 2.31. The van der Waals surface area contributed by atoms with Crippen LogP contribution in [0, 0.1) is 11.3 Å². The Kier molecular flexibility index (Phi) is 5.30. The molecule has 1 aromatic carbocycles. The molecular formula is C20H27N3O3. The predicted octanol–water partition coefficient (Wildman–Crippen LogP) is 1.06. The van der Waals surface area contributed by atoms with Gasteiger partial charge in [0, 0.05) is 50.5 Å². The van der Waals surface area contributed by atoms with Gasteiger partial charge in [-0.05, 0) is 5.56 Å². The first-order valence-electron chi connectivity index (χ1n) is 9.26. The Morgan fingerprint density at radius 1 is 1.12 bits per heavy atom. The Morgan fingerprint density at radius 3 is 2.38 bits per heavy atom. The molecule has 1 aromatic rings. The maximum atomic E-state index is 12.9. The van der Waals surface area contributed by atoms with Crippen molar-refractivity contribution in [2.24, 2.45) is 11.3 Å². The van der Waals surface area contributed by atoms with Gasteiger partial charge in [0.15, 0.2) is 0 Å². The summed E-state index contributed by atoms with van der Waals surface area (Å²) in [6.07, 6.45) is 0.709. The second-order valence-corrected chi connectivity index (χ2v) is 7.85. The van der Waals surface area contributed by atoms with E-state index in [2.05, 4.69) is 5.32 Å². The molecule has 2 heterocycles. The molecule has 26 heavy (non-hydrogen) atoms. The van der Waals surface area contributed by atoms with Crippen molar-refractivity contribution in [3.8, 4) is 0 Å². The summed E-state index contributed by atoms with van der Waals surface area (Å²) in [5.74, 6) is 0.0397. The van der Waals surface area contributed by atoms with Gasteiger partial charge in [0.05, 0.1) is 6.42 Å². The predicted molar refractivity (Wildman–Crippen MR) is 98.2 cm³/mol. The second-order valence-electron chi connectivity index (χ2n) is 7.85. The lowest BCUT2D eigenvalue weighted by Gasteiger charge is -2.33. The molecule has 0 radical (unpaired) electrons. The first kappa shape index (κ1) is 18.4. The summed E-state index contributed by atoms with van der Waals surface area (Å²) in [6, 6.07) is 9.67. The Labute approximate surface area is 154 Å². The summed E-state index contributed by atoms with van der Waals surface area (Å²) in [5.41, 5.74) is 0.594. The molecule has 6 nitrogen and oxygen atoms in total. The fraction of sp³-hybridized carbons (Fsp3) is 0.550. The van der Waals surface area contributed by atoms with E-state index in [9.17, 15) is 14.4 Å². The minimum Gasteiger partial charge on any atom is -0.355 e. The zero-order chi connectivity index (χ0) is 18.7. The molecule has 3 amide bonds. The highest BCUT2D eigenvalue weighted by atomic mass is 16.2. The zero-order valence-corrected chi connectivity index (χ0v) is 15.5. The third-order valence-electron chi connectivity index (χ3n) is 5.24. The van der Waals surface area contributed by atoms with Gasteiger partial charge in [-0.15, -0.1) is 0 Å². The average molecular weight is 357 g/mol. The van der Waals surface area contributed by atoms with Crippen LogP contribution in [0.25, 0.3) is 0 Å². The largest absolute Gasteiger partial charge is 0.355 e. The molecule has 2 fully saturated rings. The molecule has 1 spiro atoms. The molecule has 1 atom stereocenters. The van der Waals surface area contributed by atoms with Crippen molar-refractivity contribution in [1.82, 2.24) is 15.1 Å². The normalized spacial score (nSPS) is 23.3. The van der Waals surface area contributed by atoms with Crippen molar-refractivity contribution in [3.05, 3.63) is 35.9 Å². The summed E-state index contributed by atoms with van der Waals surface area (Å²) >= 11 is 0. The van der Waals surface area contributed by atoms with Crippen molar-refractivity contribution in [2.45, 2.75) is 26.7 Å². The fourth-order valence-corrected chi connectivity index (χ4v) is 3.88. The number of carbonyl (C=O) groups is 3. The van der Waals surface area contributed by atoms with Crippen molar-refractivity contribution in [3.63, 3.8) is 0 Å². The van der Waals surface area contributed by atoms with Crippen molar-refractivity contribution in [1.29, 1.82) is 0 Å². The Morgan fingerprint density at radius 2 is 1.77 bits per heavy atom. The molecule has 140 valence electrons. The molecule has 1 N–H and O–H groups in total. The summed E-state index contributed by atoms with van der Waals surface area (Å²) in [4.78, 5) is 41.0. The van der Waals surface area contributed by atoms with Gasteiger partial charge in [-0.3, -0.25) is 14.4 Å². The first-order chi connectivity index (χ1) is 12.4. The standard InChI is InChI=1S/C20H27N3O3/c1-15(2)19(26)23-9-8-22(13-20(14-23)11-17(24)21-12-20)18(25)10-16-6-4-3-5-7-16/h3-7,15H,8-14H2,1-2H3,(H,21,24)/t20-/m1/s1. The molecule has 3 rings (SSSR count). The third-order valence-corrected chi connectivity index (χ3v) is 5.24. The van der Waals surface area contributed by atoms with Gasteiger partial charge in [0.25, 0.3) is 0 Å². The maximum Gasteiger partial charge on any atom is 0.227 e. The molecule has 2 saturated heterocycles. The highest BCUT2D eigenvalue weighted by Gasteiger charge is 2.44. The van der Waals surface area contributed by atoms with Gasteiger partial charge in [0.2, 0.25) is 17.7 Å². The molecule has 0 aromatic heterocycles. The van der Waals surface area contributed by atoms with E-state index in [1.54, 1.807) is 0 Å². The highest BCUT2D eigenvalue weighted by molar-refractivity contribution is 5.82. The smallest absolute Gasteiger partial charge is 0.227 e. The third kappa shape index (κ3) is 4.06. The molecule has 6 heteroatoms. The Balaban J connectivity index is 1.78. The van der Waals surface area contributed by atoms with Crippen molar-refractivity contribution < 1.29 is 14.4 Å². The number of rotatable bonds is 3. The lowest BCUT2D eigenvalue weighted by Crippen LogP contribution is -2.46. The van der Waals surface area contributed by atoms with Gasteiger partial charge >= 0.3 is 0 Å². The minimum absolute atomic E-state index is 0.000644. The maximum absolute atomic E-state index is 12.9. The van der Waals surface area contributed by atoms with Crippen LogP contribution in [0.4, 0.5) is 0 Å². The van der Waals surface area contributed by atoms with Crippen LogP contribution >= 0.6 is 0 Å². The second kappa shape index (κ2) is 7.48. The van der Waals surface area contributed by atoms with E-state index in [0.29, 0.717) is 45.6 Å². The monoisotopic (exact) mass is 357 g/mol. The molecule has 0 aliphatic carbocycles. The van der Waals surface area contributed by atoms with Crippen molar-refractivity contribution in [2.75, 3.05) is 32.7 Å². The Bertz CT molecular complexity index is 689. The topological polar surface area (TPSA) is 69.7 Å². The summed E-state index contributed by atoms with van der Waals surface area (Å²) in [7, 11) is 0. The van der Waals surface area contributed by atoms with Crippen LogP contribution in [0.5, 0.6) is 0 Å². The SMILES string of the molecule is CC(C)C(=O)N1CCN(C(=O)Cc2ccccc2)C[C@@]2(CNC(=O)C2)C1. The van der Waals surface area contributed by atoms with Gasteiger partial charge in [-0.2, -0.15) is 0 Å². The van der Waals surface area contributed by atoms with E-state index in [0.717, 1.165) is 5.56 Å². The number of hydrogen-bond acceptors (Lipinski definition) is 3. The van der Waals surface area contributed by atoms with Gasteiger partial charge < -0.3 is 15.1 Å². The molecule has 0 bridgehead atoms. The van der Waals surface area contributed by atoms with Crippen LogP contribution in [-0.2, 0) is 20.8 Å². The van der Waals surface area contributed by atoms with E-state index in [1.165, 1.54) is 0 Å². The van der Waals surface area contributed by atoms with Crippen molar-refractivity contribution >= 4 is 17.7 Å². The molecule has 2 aliphatic heterocycles. The average Bonchev–Trinajstić information content (AvgIpc) is 2.86. The number of nitrogens with zero attached hydrogens (tertiary/aromatic N) is 2. The zero-order valence-electron chi connectivity index (χ0n) is 15.5. The number of carbonyl (C=O) groups excluding carboxylic acids is 3. The number of benzene rings is 1. The van der Waals surface area contributed by atoms with Gasteiger partial charge in [-0.25, -0.2) is 0 Å². The van der Waals surface area contributed by atoms with E-state index < -0.39 is 0 Å². The van der Waals surface area contributed by atoms with E-state index in [4.69, 9.17) is 0 Å². The van der Waals surface area contributed by atoms with Crippen LogP contribution in [0.3, 0.4) is 0 Å². The number of nitrogens with one attached hydrogen (secondary N) is 1. The summed E-state index contributed by atoms with van der Waals surface area (Å²) in [6.45, 7) is 6.36. The van der Waals surface area contributed by atoms with E-state index >= 15 is 0 Å². The van der Waals surface area contributed by atoms with Crippen LogP contribution in [0.1, 0.15) is 25.8 Å². The molecule has 0 saturated carbocycles. The molecule has 2 aliphatic rings. The summed E-state index contributed by atoms with van der Waals surface area (Å²) < 4.78 is 0. The van der Waals surface area contributed by atoms with Gasteiger partial charge in [-0.1, -0.05) is 44.2 Å². The van der Waals surface area contributed by atoms with Crippen LogP contribution in [-0.4, -0.2) is 60.2 Å². The fourth-order valence-electron chi connectivity index (χ4n) is 3.88. The Hall–Kier alpha value is -2.37. The number of amides is 3. The lowest BCUT2D eigenvalue weighted by molar-refractivity contribution is -0.136. The molecule has 0 unspecified atom stereocenters. The van der Waals surface area contributed by atoms with Gasteiger partial charge in [0.1, 0.15) is 0 Å². The van der Waals surface area contributed by atoms with Crippen LogP contribution < -0.4 is 5.32 Å². The van der Waals surface area contributed by atoms with Crippen LogP contribution in [0.2, 0.25) is 0 Å². The van der Waals surface area contributed by atoms with E-state index in [-0.39, 0.29) is 29.1 Å². The lowest BCUT2D eigenvalue weighted by atomic mass is 9.85. The van der Waals surface area contributed by atoms with Crippen LogP contribution in [0.15, 0.2) is 30.3 Å². The minimum atomic E-state index is -0.384. The quantitative estimate of drug-likeness (QED) is 0.879. The van der Waals surface area contributed by atoms with E-state index in [1.807, 2.05) is 54.0 Å². The first-order valence-corrected chi connectivity index (χ1v) is 9.26. The summed E-state index contributed by atoms with van der Waals surface area (Å²) in [5, 5.41) is 2.89.